The lowest BCUT2D eigenvalue weighted by atomic mass is 10.2. The third-order valence-corrected chi connectivity index (χ3v) is 3.58. The average molecular weight is 333 g/mol. The summed E-state index contributed by atoms with van der Waals surface area (Å²) < 4.78 is 6.81. The first-order chi connectivity index (χ1) is 11.4. The Morgan fingerprint density at radius 1 is 1.42 bits per heavy atom. The number of aryl methyl sites for hydroxylation is 1. The lowest BCUT2D eigenvalue weighted by Crippen LogP contribution is -2.40. The van der Waals surface area contributed by atoms with Gasteiger partial charge in [-0.25, -0.2) is 4.68 Å². The minimum Gasteiger partial charge on any atom is -0.491 e. The molecule has 1 heterocycles. The zero-order valence-corrected chi connectivity index (χ0v) is 13.7. The highest BCUT2D eigenvalue weighted by molar-refractivity contribution is 5.75. The van der Waals surface area contributed by atoms with Gasteiger partial charge in [-0.1, -0.05) is 17.7 Å². The number of carbonyl (C=O) groups excluding carboxylic acids is 1. The van der Waals surface area contributed by atoms with Crippen LogP contribution in [0.5, 0.6) is 5.75 Å². The first-order valence-corrected chi connectivity index (χ1v) is 7.36. The number of benzene rings is 1. The van der Waals surface area contributed by atoms with Gasteiger partial charge in [-0.05, 0) is 30.9 Å². The molecule has 9 heteroatoms. The van der Waals surface area contributed by atoms with Gasteiger partial charge < -0.3 is 19.8 Å². The molecule has 2 aromatic rings. The highest BCUT2D eigenvalue weighted by atomic mass is 16.6. The molecule has 0 spiro atoms. The van der Waals surface area contributed by atoms with Gasteiger partial charge >= 0.3 is 5.82 Å². The normalized spacial score (nSPS) is 11.8. The highest BCUT2D eigenvalue weighted by Crippen LogP contribution is 2.12. The molecule has 0 radical (unpaired) electrons. The van der Waals surface area contributed by atoms with Crippen molar-refractivity contribution in [2.75, 3.05) is 13.7 Å². The minimum absolute atomic E-state index is 0.119. The van der Waals surface area contributed by atoms with Crippen LogP contribution in [-0.4, -0.2) is 50.4 Å². The first kappa shape index (κ1) is 17.4. The van der Waals surface area contributed by atoms with E-state index in [1.165, 1.54) is 4.90 Å². The fraction of sp³-hybridized carbons (Fsp3) is 0.400. The highest BCUT2D eigenvalue weighted by Gasteiger charge is 2.19. The largest absolute Gasteiger partial charge is 0.491 e. The Bertz CT molecular complexity index is 713. The van der Waals surface area contributed by atoms with Gasteiger partial charge in [0.05, 0.1) is 11.3 Å². The Morgan fingerprint density at radius 2 is 2.08 bits per heavy atom. The van der Waals surface area contributed by atoms with Crippen LogP contribution in [0.15, 0.2) is 30.5 Å². The van der Waals surface area contributed by atoms with Crippen molar-refractivity contribution in [3.8, 4) is 5.75 Å². The predicted octanol–water partition coefficient (Wildman–Crippen LogP) is 1.42. The summed E-state index contributed by atoms with van der Waals surface area (Å²) in [5.74, 6) is 0.108. The Balaban J connectivity index is 1.86. The molecule has 1 aromatic carbocycles. The summed E-state index contributed by atoms with van der Waals surface area (Å²) in [7, 11) is 1.65. The lowest BCUT2D eigenvalue weighted by molar-refractivity contribution is -0.389. The molecule has 9 nitrogen and oxygen atoms in total. The first-order valence-electron chi connectivity index (χ1n) is 7.36. The fourth-order valence-electron chi connectivity index (χ4n) is 1.91. The maximum atomic E-state index is 12.2. The van der Waals surface area contributed by atoms with E-state index in [-0.39, 0.29) is 24.3 Å². The average Bonchev–Trinajstić information content (AvgIpc) is 3.02. The van der Waals surface area contributed by atoms with Crippen molar-refractivity contribution in [2.45, 2.75) is 26.4 Å². The van der Waals surface area contributed by atoms with Crippen LogP contribution in [0.2, 0.25) is 0 Å². The van der Waals surface area contributed by atoms with Gasteiger partial charge in [-0.2, -0.15) is 0 Å². The summed E-state index contributed by atoms with van der Waals surface area (Å²) in [5, 5.41) is 17.5. The smallest absolute Gasteiger partial charge is 0.410 e. The maximum Gasteiger partial charge on any atom is 0.410 e. The van der Waals surface area contributed by atoms with Crippen LogP contribution in [0, 0.1) is 17.0 Å². The standard InChI is InChI=1S/C15H19N5O4/c1-11-4-6-13(7-5-11)24-10-12(2)18(3)15(21)9-19-8-14(16-17-19)20(22)23/h4-8,12H,9-10H2,1-3H3. The van der Waals surface area contributed by atoms with Crippen molar-refractivity contribution in [1.82, 2.24) is 19.9 Å². The number of likely N-dealkylation sites (N-methyl/N-ethyl adjacent to an activating group) is 1. The quantitative estimate of drug-likeness (QED) is 0.561. The molecule has 1 atom stereocenters. The SMILES string of the molecule is Cc1ccc(OCC(C)N(C)C(=O)Cn2cc([N+](=O)[O-])nn2)cc1. The van der Waals surface area contributed by atoms with E-state index < -0.39 is 4.92 Å². The van der Waals surface area contributed by atoms with Gasteiger partial charge in [-0.3, -0.25) is 4.79 Å². The Morgan fingerprint density at radius 3 is 2.67 bits per heavy atom. The molecule has 24 heavy (non-hydrogen) atoms. The fourth-order valence-corrected chi connectivity index (χ4v) is 1.91. The predicted molar refractivity (Wildman–Crippen MR) is 85.6 cm³/mol. The number of amides is 1. The van der Waals surface area contributed by atoms with Gasteiger partial charge in [0, 0.05) is 7.05 Å². The number of carbonyl (C=O) groups is 1. The molecule has 0 aliphatic rings. The van der Waals surface area contributed by atoms with Crippen LogP contribution >= 0.6 is 0 Å². The molecule has 0 aliphatic carbocycles. The molecule has 0 fully saturated rings. The number of ether oxygens (including phenoxy) is 1. The van der Waals surface area contributed by atoms with Gasteiger partial charge in [-0.15, -0.1) is 0 Å². The third kappa shape index (κ3) is 4.51. The van der Waals surface area contributed by atoms with Gasteiger partial charge in [0.15, 0.2) is 0 Å². The molecule has 0 N–H and O–H groups in total. The number of nitro groups is 1. The second-order valence-electron chi connectivity index (χ2n) is 5.51. The van der Waals surface area contributed by atoms with Gasteiger partial charge in [0.1, 0.15) is 30.2 Å². The Hall–Kier alpha value is -2.97. The molecule has 0 saturated carbocycles. The van der Waals surface area contributed by atoms with E-state index in [1.54, 1.807) is 7.05 Å². The molecule has 1 unspecified atom stereocenters. The van der Waals surface area contributed by atoms with Crippen molar-refractivity contribution in [3.05, 3.63) is 46.1 Å². The van der Waals surface area contributed by atoms with Crippen LogP contribution in [0.3, 0.4) is 0 Å². The Labute approximate surface area is 139 Å². The molecule has 1 amide bonds. The third-order valence-electron chi connectivity index (χ3n) is 3.58. The van der Waals surface area contributed by atoms with Crippen LogP contribution in [0.1, 0.15) is 12.5 Å². The van der Waals surface area contributed by atoms with Crippen molar-refractivity contribution >= 4 is 11.7 Å². The monoisotopic (exact) mass is 333 g/mol. The van der Waals surface area contributed by atoms with E-state index >= 15 is 0 Å². The topological polar surface area (TPSA) is 103 Å². The zero-order chi connectivity index (χ0) is 17.7. The van der Waals surface area contributed by atoms with Crippen molar-refractivity contribution in [3.63, 3.8) is 0 Å². The number of hydrogen-bond acceptors (Lipinski definition) is 6. The zero-order valence-electron chi connectivity index (χ0n) is 13.7. The van der Waals surface area contributed by atoms with E-state index in [9.17, 15) is 14.9 Å². The van der Waals surface area contributed by atoms with Gasteiger partial charge in [0.25, 0.3) is 0 Å². The molecule has 1 aromatic heterocycles. The molecule has 128 valence electrons. The maximum absolute atomic E-state index is 12.2. The lowest BCUT2D eigenvalue weighted by Gasteiger charge is -2.24. The number of rotatable bonds is 7. The van der Waals surface area contributed by atoms with E-state index in [1.807, 2.05) is 38.1 Å². The van der Waals surface area contributed by atoms with Crippen LogP contribution < -0.4 is 4.74 Å². The van der Waals surface area contributed by atoms with Crippen LogP contribution in [0.25, 0.3) is 0 Å². The molecule has 0 aliphatic heterocycles. The van der Waals surface area contributed by atoms with Crippen LogP contribution in [0.4, 0.5) is 5.82 Å². The summed E-state index contributed by atoms with van der Waals surface area (Å²) >= 11 is 0. The summed E-state index contributed by atoms with van der Waals surface area (Å²) in [6.07, 6.45) is 1.12. The molecule has 0 bridgehead atoms. The van der Waals surface area contributed by atoms with E-state index in [2.05, 4.69) is 10.3 Å². The summed E-state index contributed by atoms with van der Waals surface area (Å²) in [5.41, 5.74) is 1.14. The summed E-state index contributed by atoms with van der Waals surface area (Å²) in [6, 6.07) is 7.48. The number of nitrogens with zero attached hydrogens (tertiary/aromatic N) is 5. The van der Waals surface area contributed by atoms with Crippen molar-refractivity contribution < 1.29 is 14.5 Å². The summed E-state index contributed by atoms with van der Waals surface area (Å²) in [4.78, 5) is 23.6. The van der Waals surface area contributed by atoms with Crippen molar-refractivity contribution in [2.24, 2.45) is 0 Å². The molecular weight excluding hydrogens is 314 g/mol. The minimum atomic E-state index is -0.657. The van der Waals surface area contributed by atoms with E-state index in [4.69, 9.17) is 4.74 Å². The molecule has 0 saturated heterocycles. The second-order valence-corrected chi connectivity index (χ2v) is 5.51. The number of hydrogen-bond donors (Lipinski definition) is 0. The summed E-state index contributed by atoms with van der Waals surface area (Å²) in [6.45, 7) is 4.07. The van der Waals surface area contributed by atoms with E-state index in [0.29, 0.717) is 6.61 Å². The van der Waals surface area contributed by atoms with Crippen LogP contribution in [-0.2, 0) is 11.3 Å². The molecule has 2 rings (SSSR count). The number of aromatic nitrogens is 3. The Kier molecular flexibility index (Phi) is 5.46. The molecular formula is C15H19N5O4. The van der Waals surface area contributed by atoms with Gasteiger partial charge in [0.2, 0.25) is 5.91 Å². The van der Waals surface area contributed by atoms with Crippen molar-refractivity contribution in [1.29, 1.82) is 0 Å². The van der Waals surface area contributed by atoms with E-state index in [0.717, 1.165) is 22.2 Å². The second kappa shape index (κ2) is 7.53.